The summed E-state index contributed by atoms with van der Waals surface area (Å²) in [5, 5.41) is -1.05. The molecule has 11 heteroatoms. The standard InChI is InChI=1S/C7H4ClF3INO4S/c1-16-3-2-4(12)13-6(18(8,14)15)5(3)17-7(9,10)11/h2H,1H3. The largest absolute Gasteiger partial charge is 0.573 e. The molecule has 1 rings (SSSR count). The smallest absolute Gasteiger partial charge is 0.493 e. The van der Waals surface area contributed by atoms with Gasteiger partial charge in [0.25, 0.3) is 9.05 Å². The molecule has 0 amide bonds. The second-order valence-electron chi connectivity index (χ2n) is 2.77. The van der Waals surface area contributed by atoms with Crippen LogP contribution < -0.4 is 9.47 Å². The first kappa shape index (κ1) is 15.6. The van der Waals surface area contributed by atoms with Gasteiger partial charge in [-0.25, -0.2) is 13.4 Å². The minimum Gasteiger partial charge on any atom is -0.493 e. The first-order valence-corrected chi connectivity index (χ1v) is 7.38. The normalized spacial score (nSPS) is 12.3. The molecule has 1 heterocycles. The molecular formula is C7H4ClF3INO4S. The van der Waals surface area contributed by atoms with Gasteiger partial charge in [0.05, 0.1) is 7.11 Å². The van der Waals surface area contributed by atoms with E-state index in [1.54, 1.807) is 22.6 Å². The van der Waals surface area contributed by atoms with Crippen molar-refractivity contribution in [2.45, 2.75) is 11.4 Å². The Labute approximate surface area is 118 Å². The van der Waals surface area contributed by atoms with Gasteiger partial charge in [-0.1, -0.05) is 0 Å². The first-order chi connectivity index (χ1) is 8.04. The van der Waals surface area contributed by atoms with Crippen LogP contribution >= 0.6 is 33.3 Å². The Kier molecular flexibility index (Phi) is 4.54. The maximum atomic E-state index is 12.2. The minimum absolute atomic E-state index is 0.0817. The van der Waals surface area contributed by atoms with Crippen LogP contribution in [-0.2, 0) is 9.05 Å². The molecule has 1 aromatic rings. The summed E-state index contributed by atoms with van der Waals surface area (Å²) < 4.78 is 67.1. The second-order valence-corrected chi connectivity index (χ2v) is 6.35. The highest BCUT2D eigenvalue weighted by Crippen LogP contribution is 2.38. The number of ether oxygens (including phenoxy) is 2. The van der Waals surface area contributed by atoms with Crippen molar-refractivity contribution in [3.05, 3.63) is 9.77 Å². The molecule has 0 atom stereocenters. The summed E-state index contributed by atoms with van der Waals surface area (Å²) in [6.07, 6.45) is -5.10. The van der Waals surface area contributed by atoms with Gasteiger partial charge in [-0.05, 0) is 22.6 Å². The number of pyridine rings is 1. The fourth-order valence-corrected chi connectivity index (χ4v) is 2.56. The van der Waals surface area contributed by atoms with E-state index in [2.05, 4.69) is 14.5 Å². The van der Waals surface area contributed by atoms with Crippen LogP contribution in [-0.4, -0.2) is 26.9 Å². The molecule has 0 aromatic carbocycles. The molecule has 0 aliphatic heterocycles. The summed E-state index contributed by atoms with van der Waals surface area (Å²) in [5.41, 5.74) is 0. The highest BCUT2D eigenvalue weighted by molar-refractivity contribution is 14.1. The van der Waals surface area contributed by atoms with Gasteiger partial charge in [-0.2, -0.15) is 0 Å². The Hall–Kier alpha value is -0.490. The fraction of sp³-hybridized carbons (Fsp3) is 0.286. The maximum absolute atomic E-state index is 12.2. The molecule has 0 aliphatic carbocycles. The summed E-state index contributed by atoms with van der Waals surface area (Å²) in [5.74, 6) is -1.54. The third kappa shape index (κ3) is 4.02. The lowest BCUT2D eigenvalue weighted by Gasteiger charge is -2.14. The minimum atomic E-state index is -5.10. The van der Waals surface area contributed by atoms with Crippen molar-refractivity contribution in [3.63, 3.8) is 0 Å². The molecule has 5 nitrogen and oxygen atoms in total. The molecule has 0 fully saturated rings. The number of halogens is 5. The van der Waals surface area contributed by atoms with Gasteiger partial charge < -0.3 is 9.47 Å². The van der Waals surface area contributed by atoms with Crippen LogP contribution in [0.15, 0.2) is 11.1 Å². The van der Waals surface area contributed by atoms with Crippen molar-refractivity contribution in [2.24, 2.45) is 0 Å². The van der Waals surface area contributed by atoms with Crippen LogP contribution in [0.5, 0.6) is 11.5 Å². The van der Waals surface area contributed by atoms with E-state index >= 15 is 0 Å². The molecule has 18 heavy (non-hydrogen) atoms. The van der Waals surface area contributed by atoms with Crippen LogP contribution in [0.1, 0.15) is 0 Å². The van der Waals surface area contributed by atoms with Crippen molar-refractivity contribution in [3.8, 4) is 11.5 Å². The van der Waals surface area contributed by atoms with E-state index in [-0.39, 0.29) is 3.70 Å². The maximum Gasteiger partial charge on any atom is 0.573 e. The summed E-state index contributed by atoms with van der Waals surface area (Å²) in [6, 6.07) is 1.08. The average molecular weight is 418 g/mol. The van der Waals surface area contributed by atoms with E-state index in [4.69, 9.17) is 10.7 Å². The van der Waals surface area contributed by atoms with Crippen LogP contribution in [0.2, 0.25) is 0 Å². The zero-order valence-corrected chi connectivity index (χ0v) is 12.2. The molecule has 102 valence electrons. The van der Waals surface area contributed by atoms with Gasteiger partial charge in [0.2, 0.25) is 10.8 Å². The molecule has 0 saturated heterocycles. The number of rotatable bonds is 3. The van der Waals surface area contributed by atoms with Crippen molar-refractivity contribution >= 4 is 42.3 Å². The lowest BCUT2D eigenvalue weighted by Crippen LogP contribution is -2.19. The quantitative estimate of drug-likeness (QED) is 0.430. The lowest BCUT2D eigenvalue weighted by molar-refractivity contribution is -0.276. The molecular weight excluding hydrogens is 413 g/mol. The SMILES string of the molecule is COc1cc(I)nc(S(=O)(=O)Cl)c1OC(F)(F)F. The topological polar surface area (TPSA) is 65.5 Å². The molecule has 0 spiro atoms. The van der Waals surface area contributed by atoms with Gasteiger partial charge in [0, 0.05) is 16.7 Å². The highest BCUT2D eigenvalue weighted by atomic mass is 127. The number of methoxy groups -OCH3 is 1. The molecule has 0 saturated carbocycles. The predicted octanol–water partition coefficient (Wildman–Crippen LogP) is 2.52. The van der Waals surface area contributed by atoms with Gasteiger partial charge in [-0.15, -0.1) is 13.2 Å². The Morgan fingerprint density at radius 1 is 1.44 bits per heavy atom. The van der Waals surface area contributed by atoms with E-state index in [9.17, 15) is 21.6 Å². The molecule has 1 aromatic heterocycles. The van der Waals surface area contributed by atoms with Gasteiger partial charge in [0.1, 0.15) is 3.70 Å². The molecule has 0 radical (unpaired) electrons. The molecule has 0 bridgehead atoms. The van der Waals surface area contributed by atoms with E-state index in [1.807, 2.05) is 0 Å². The predicted molar refractivity (Wildman–Crippen MR) is 63.2 cm³/mol. The van der Waals surface area contributed by atoms with Gasteiger partial charge >= 0.3 is 6.36 Å². The monoisotopic (exact) mass is 417 g/mol. The van der Waals surface area contributed by atoms with Crippen LogP contribution in [0.3, 0.4) is 0 Å². The van der Waals surface area contributed by atoms with E-state index in [0.717, 1.165) is 13.2 Å². The van der Waals surface area contributed by atoms with Crippen LogP contribution in [0.4, 0.5) is 13.2 Å². The number of hydrogen-bond acceptors (Lipinski definition) is 5. The number of hydrogen-bond donors (Lipinski definition) is 0. The first-order valence-electron chi connectivity index (χ1n) is 3.99. The second kappa shape index (κ2) is 5.25. The summed E-state index contributed by atoms with van der Waals surface area (Å²) in [6.45, 7) is 0. The number of nitrogens with zero attached hydrogens (tertiary/aromatic N) is 1. The van der Waals surface area contributed by atoms with Crippen molar-refractivity contribution in [2.75, 3.05) is 7.11 Å². The fourth-order valence-electron chi connectivity index (χ4n) is 0.986. The third-order valence-corrected chi connectivity index (χ3v) is 3.27. The van der Waals surface area contributed by atoms with Gasteiger partial charge in [-0.3, -0.25) is 0 Å². The molecule has 0 aliphatic rings. The molecule has 0 N–H and O–H groups in total. The van der Waals surface area contributed by atoms with E-state index in [0.29, 0.717) is 0 Å². The zero-order valence-electron chi connectivity index (χ0n) is 8.46. The Morgan fingerprint density at radius 3 is 2.39 bits per heavy atom. The Balaban J connectivity index is 3.53. The lowest BCUT2D eigenvalue weighted by atomic mass is 10.4. The summed E-state index contributed by atoms with van der Waals surface area (Å²) in [4.78, 5) is 3.40. The van der Waals surface area contributed by atoms with Crippen molar-refractivity contribution in [1.82, 2.24) is 4.98 Å². The van der Waals surface area contributed by atoms with Crippen LogP contribution in [0.25, 0.3) is 0 Å². The summed E-state index contributed by atoms with van der Waals surface area (Å²) >= 11 is 1.60. The average Bonchev–Trinajstić information content (AvgIpc) is 2.16. The van der Waals surface area contributed by atoms with Crippen molar-refractivity contribution < 1.29 is 31.1 Å². The van der Waals surface area contributed by atoms with Crippen LogP contribution in [0, 0.1) is 3.70 Å². The van der Waals surface area contributed by atoms with Crippen molar-refractivity contribution in [1.29, 1.82) is 0 Å². The Bertz CT molecular complexity index is 563. The number of aromatic nitrogens is 1. The number of alkyl halides is 3. The highest BCUT2D eigenvalue weighted by Gasteiger charge is 2.36. The van der Waals surface area contributed by atoms with Gasteiger partial charge in [0.15, 0.2) is 5.75 Å². The Morgan fingerprint density at radius 2 is 2.00 bits per heavy atom. The molecule has 0 unspecified atom stereocenters. The zero-order chi connectivity index (χ0) is 14.1. The van der Waals surface area contributed by atoms with E-state index < -0.39 is 31.9 Å². The summed E-state index contributed by atoms with van der Waals surface area (Å²) in [7, 11) is 1.54. The van der Waals surface area contributed by atoms with E-state index in [1.165, 1.54) is 0 Å². The third-order valence-electron chi connectivity index (χ3n) is 1.55.